The second kappa shape index (κ2) is 6.14. The van der Waals surface area contributed by atoms with Gasteiger partial charge in [-0.1, -0.05) is 13.8 Å². The first-order valence-electron chi connectivity index (χ1n) is 6.63. The molecule has 5 heteroatoms. The van der Waals surface area contributed by atoms with Crippen LogP contribution in [0.25, 0.3) is 10.9 Å². The van der Waals surface area contributed by atoms with Gasteiger partial charge >= 0.3 is 0 Å². The van der Waals surface area contributed by atoms with E-state index in [1.54, 1.807) is 26.0 Å². The first kappa shape index (κ1) is 14.0. The number of rotatable bonds is 4. The summed E-state index contributed by atoms with van der Waals surface area (Å²) in [7, 11) is 0. The summed E-state index contributed by atoms with van der Waals surface area (Å²) < 4.78 is 0. The van der Waals surface area contributed by atoms with E-state index in [-0.39, 0.29) is 11.8 Å². The molecule has 0 atom stereocenters. The summed E-state index contributed by atoms with van der Waals surface area (Å²) in [6.07, 6.45) is 0.861. The Morgan fingerprint density at radius 1 is 1.00 bits per heavy atom. The fourth-order valence-electron chi connectivity index (χ4n) is 1.75. The third kappa shape index (κ3) is 3.32. The summed E-state index contributed by atoms with van der Waals surface area (Å²) in [5, 5.41) is 6.43. The molecule has 2 amide bonds. The Hall–Kier alpha value is -2.43. The average molecular weight is 271 g/mol. The van der Waals surface area contributed by atoms with Crippen LogP contribution in [0.5, 0.6) is 0 Å². The van der Waals surface area contributed by atoms with Crippen LogP contribution in [-0.4, -0.2) is 16.8 Å². The van der Waals surface area contributed by atoms with Gasteiger partial charge in [-0.25, -0.2) is 4.98 Å². The third-order valence-electron chi connectivity index (χ3n) is 2.88. The number of fused-ring (bicyclic) bond motifs is 1. The topological polar surface area (TPSA) is 71.1 Å². The van der Waals surface area contributed by atoms with Crippen LogP contribution in [0.4, 0.5) is 11.5 Å². The number of hydrogen-bond donors (Lipinski definition) is 2. The van der Waals surface area contributed by atoms with Crippen molar-refractivity contribution >= 4 is 34.2 Å². The van der Waals surface area contributed by atoms with Crippen LogP contribution < -0.4 is 10.6 Å². The smallest absolute Gasteiger partial charge is 0.225 e. The van der Waals surface area contributed by atoms with Crippen molar-refractivity contribution in [1.82, 2.24) is 4.98 Å². The average Bonchev–Trinajstić information content (AvgIpc) is 2.47. The molecule has 0 spiro atoms. The SMILES string of the molecule is CCC(=O)Nc1ccc2nc(NC(=O)CC)ccc2c1. The minimum absolute atomic E-state index is 0.0239. The van der Waals surface area contributed by atoms with Gasteiger partial charge in [-0.15, -0.1) is 0 Å². The molecule has 0 fully saturated rings. The first-order chi connectivity index (χ1) is 9.62. The number of pyridine rings is 1. The van der Waals surface area contributed by atoms with Crippen molar-refractivity contribution in [2.45, 2.75) is 26.7 Å². The molecular formula is C15H17N3O2. The molecule has 2 rings (SSSR count). The van der Waals surface area contributed by atoms with E-state index in [1.807, 2.05) is 18.2 Å². The molecule has 0 aliphatic rings. The summed E-state index contributed by atoms with van der Waals surface area (Å²) in [5.41, 5.74) is 1.52. The van der Waals surface area contributed by atoms with Gasteiger partial charge in [0.2, 0.25) is 11.8 Å². The van der Waals surface area contributed by atoms with Gasteiger partial charge < -0.3 is 10.6 Å². The number of carbonyl (C=O) groups excluding carboxylic acids is 2. The summed E-state index contributed by atoms with van der Waals surface area (Å²) in [6, 6.07) is 9.11. The van der Waals surface area contributed by atoms with Crippen LogP contribution in [0.2, 0.25) is 0 Å². The van der Waals surface area contributed by atoms with Crippen LogP contribution in [-0.2, 0) is 9.59 Å². The highest BCUT2D eigenvalue weighted by Crippen LogP contribution is 2.20. The quantitative estimate of drug-likeness (QED) is 0.898. The summed E-state index contributed by atoms with van der Waals surface area (Å²) in [5.74, 6) is 0.447. The number of benzene rings is 1. The number of hydrogen-bond acceptors (Lipinski definition) is 3. The second-order valence-corrected chi connectivity index (χ2v) is 4.41. The maximum absolute atomic E-state index is 11.4. The molecule has 1 aromatic heterocycles. The van der Waals surface area contributed by atoms with Crippen LogP contribution in [0.3, 0.4) is 0 Å². The van der Waals surface area contributed by atoms with Crippen LogP contribution in [0.1, 0.15) is 26.7 Å². The first-order valence-corrected chi connectivity index (χ1v) is 6.63. The number of anilines is 2. The van der Waals surface area contributed by atoms with Crippen LogP contribution in [0, 0.1) is 0 Å². The zero-order valence-corrected chi connectivity index (χ0v) is 11.6. The molecule has 0 aliphatic heterocycles. The zero-order chi connectivity index (χ0) is 14.5. The monoisotopic (exact) mass is 271 g/mol. The molecule has 0 saturated carbocycles. The van der Waals surface area contributed by atoms with Crippen molar-refractivity contribution in [3.63, 3.8) is 0 Å². The second-order valence-electron chi connectivity index (χ2n) is 4.41. The third-order valence-corrected chi connectivity index (χ3v) is 2.88. The normalized spacial score (nSPS) is 10.3. The number of aromatic nitrogens is 1. The minimum Gasteiger partial charge on any atom is -0.326 e. The molecule has 2 N–H and O–H groups in total. The van der Waals surface area contributed by atoms with Crippen molar-refractivity contribution in [2.75, 3.05) is 10.6 Å². The van der Waals surface area contributed by atoms with Gasteiger partial charge in [0, 0.05) is 23.9 Å². The van der Waals surface area contributed by atoms with Crippen LogP contribution in [0.15, 0.2) is 30.3 Å². The van der Waals surface area contributed by atoms with Crippen LogP contribution >= 0.6 is 0 Å². The van der Waals surface area contributed by atoms with E-state index >= 15 is 0 Å². The Balaban J connectivity index is 2.25. The lowest BCUT2D eigenvalue weighted by Crippen LogP contribution is -2.11. The number of amides is 2. The Morgan fingerprint density at radius 2 is 1.70 bits per heavy atom. The molecule has 0 radical (unpaired) electrons. The van der Waals surface area contributed by atoms with Gasteiger partial charge in [-0.2, -0.15) is 0 Å². The van der Waals surface area contributed by atoms with Crippen molar-refractivity contribution in [3.05, 3.63) is 30.3 Å². The molecule has 1 aromatic carbocycles. The predicted octanol–water partition coefficient (Wildman–Crippen LogP) is 2.93. The van der Waals surface area contributed by atoms with E-state index < -0.39 is 0 Å². The minimum atomic E-state index is -0.0660. The van der Waals surface area contributed by atoms with Crippen molar-refractivity contribution in [1.29, 1.82) is 0 Å². The van der Waals surface area contributed by atoms with Crippen molar-refractivity contribution in [3.8, 4) is 0 Å². The molecule has 0 aliphatic carbocycles. The highest BCUT2D eigenvalue weighted by molar-refractivity contribution is 5.94. The Kier molecular flexibility index (Phi) is 4.30. The molecule has 2 aromatic rings. The van der Waals surface area contributed by atoms with Gasteiger partial charge in [0.05, 0.1) is 5.52 Å². The van der Waals surface area contributed by atoms with Gasteiger partial charge in [0.15, 0.2) is 0 Å². The van der Waals surface area contributed by atoms with Gasteiger partial charge in [0.1, 0.15) is 5.82 Å². The molecule has 0 bridgehead atoms. The number of nitrogens with zero attached hydrogens (tertiary/aromatic N) is 1. The molecule has 0 saturated heterocycles. The number of nitrogens with one attached hydrogen (secondary N) is 2. The standard InChI is InChI=1S/C15H17N3O2/c1-3-14(19)16-11-6-7-12-10(9-11)5-8-13(17-12)18-15(20)4-2/h5-9H,3-4H2,1-2H3,(H,16,19)(H,17,18,20). The van der Waals surface area contributed by atoms with E-state index in [2.05, 4.69) is 15.6 Å². The van der Waals surface area contributed by atoms with Gasteiger partial charge in [-0.05, 0) is 30.3 Å². The molecule has 20 heavy (non-hydrogen) atoms. The van der Waals surface area contributed by atoms with E-state index in [9.17, 15) is 9.59 Å². The van der Waals surface area contributed by atoms with Crippen molar-refractivity contribution in [2.24, 2.45) is 0 Å². The molecular weight excluding hydrogens is 254 g/mol. The van der Waals surface area contributed by atoms with Crippen molar-refractivity contribution < 1.29 is 9.59 Å². The van der Waals surface area contributed by atoms with E-state index in [4.69, 9.17) is 0 Å². The molecule has 5 nitrogen and oxygen atoms in total. The maximum atomic E-state index is 11.4. The Labute approximate surface area is 117 Å². The van der Waals surface area contributed by atoms with E-state index in [0.717, 1.165) is 16.6 Å². The molecule has 1 heterocycles. The fourth-order valence-corrected chi connectivity index (χ4v) is 1.75. The largest absolute Gasteiger partial charge is 0.326 e. The molecule has 104 valence electrons. The lowest BCUT2D eigenvalue weighted by molar-refractivity contribution is -0.116. The van der Waals surface area contributed by atoms with Gasteiger partial charge in [-0.3, -0.25) is 9.59 Å². The highest BCUT2D eigenvalue weighted by atomic mass is 16.2. The fraction of sp³-hybridized carbons (Fsp3) is 0.267. The summed E-state index contributed by atoms with van der Waals surface area (Å²) in [6.45, 7) is 3.60. The lowest BCUT2D eigenvalue weighted by atomic mass is 10.2. The Morgan fingerprint density at radius 3 is 2.40 bits per heavy atom. The van der Waals surface area contributed by atoms with E-state index in [1.165, 1.54) is 0 Å². The summed E-state index contributed by atoms with van der Waals surface area (Å²) >= 11 is 0. The highest BCUT2D eigenvalue weighted by Gasteiger charge is 2.04. The lowest BCUT2D eigenvalue weighted by Gasteiger charge is -2.07. The van der Waals surface area contributed by atoms with Gasteiger partial charge in [0.25, 0.3) is 0 Å². The number of carbonyl (C=O) groups is 2. The maximum Gasteiger partial charge on any atom is 0.225 e. The summed E-state index contributed by atoms with van der Waals surface area (Å²) in [4.78, 5) is 27.0. The predicted molar refractivity (Wildman–Crippen MR) is 79.6 cm³/mol. The zero-order valence-electron chi connectivity index (χ0n) is 11.6. The Bertz CT molecular complexity index is 595. The molecule has 0 unspecified atom stereocenters. The van der Waals surface area contributed by atoms with E-state index in [0.29, 0.717) is 18.7 Å².